The maximum absolute atomic E-state index is 12.7. The van der Waals surface area contributed by atoms with E-state index < -0.39 is 18.0 Å². The van der Waals surface area contributed by atoms with Crippen LogP contribution in [0.2, 0.25) is 0 Å². The minimum Gasteiger partial charge on any atom is -0.481 e. The Bertz CT molecular complexity index is 740. The second-order valence-electron chi connectivity index (χ2n) is 7.58. The van der Waals surface area contributed by atoms with Crippen LogP contribution in [0.3, 0.4) is 0 Å². The van der Waals surface area contributed by atoms with Gasteiger partial charge in [0.05, 0.1) is 12.0 Å². The number of aliphatic carboxylic acids is 1. The molecule has 1 N–H and O–H groups in total. The van der Waals surface area contributed by atoms with Gasteiger partial charge >= 0.3 is 5.97 Å². The highest BCUT2D eigenvalue weighted by Gasteiger charge is 2.41. The zero-order valence-corrected chi connectivity index (χ0v) is 16.3. The summed E-state index contributed by atoms with van der Waals surface area (Å²) in [6.07, 6.45) is 1.11. The SMILES string of the molecule is CC(=O)c1cccc(OC(C)C(=O)N2CCC([C@@H]3OCCC3C(=O)O)CC2)c1. The summed E-state index contributed by atoms with van der Waals surface area (Å²) in [6, 6.07) is 6.81. The highest BCUT2D eigenvalue weighted by Crippen LogP contribution is 2.33. The highest BCUT2D eigenvalue weighted by molar-refractivity contribution is 5.94. The molecule has 3 rings (SSSR count). The molecule has 7 heteroatoms. The van der Waals surface area contributed by atoms with Crippen LogP contribution in [0.5, 0.6) is 5.75 Å². The number of amides is 1. The van der Waals surface area contributed by atoms with Gasteiger partial charge in [0.1, 0.15) is 5.75 Å². The number of rotatable bonds is 6. The van der Waals surface area contributed by atoms with E-state index in [4.69, 9.17) is 9.47 Å². The first kappa shape index (κ1) is 20.3. The molecule has 28 heavy (non-hydrogen) atoms. The zero-order valence-electron chi connectivity index (χ0n) is 16.3. The molecule has 2 saturated heterocycles. The molecule has 1 amide bonds. The van der Waals surface area contributed by atoms with Crippen LogP contribution in [0.15, 0.2) is 24.3 Å². The fourth-order valence-electron chi connectivity index (χ4n) is 4.09. The number of carboxylic acid groups (broad SMARTS) is 1. The largest absolute Gasteiger partial charge is 0.481 e. The fourth-order valence-corrected chi connectivity index (χ4v) is 4.09. The summed E-state index contributed by atoms with van der Waals surface area (Å²) < 4.78 is 11.4. The molecule has 1 aromatic rings. The van der Waals surface area contributed by atoms with Gasteiger partial charge < -0.3 is 19.5 Å². The van der Waals surface area contributed by atoms with E-state index in [-0.39, 0.29) is 23.7 Å². The van der Waals surface area contributed by atoms with E-state index in [0.717, 1.165) is 12.8 Å². The van der Waals surface area contributed by atoms with Crippen molar-refractivity contribution >= 4 is 17.7 Å². The number of nitrogens with zero attached hydrogens (tertiary/aromatic N) is 1. The number of carbonyl (C=O) groups is 3. The van der Waals surface area contributed by atoms with Gasteiger partial charge in [0.15, 0.2) is 11.9 Å². The third-order valence-electron chi connectivity index (χ3n) is 5.67. The van der Waals surface area contributed by atoms with Crippen LogP contribution in [0.4, 0.5) is 0 Å². The smallest absolute Gasteiger partial charge is 0.309 e. The van der Waals surface area contributed by atoms with Crippen LogP contribution in [-0.4, -0.2) is 59.6 Å². The van der Waals surface area contributed by atoms with Gasteiger partial charge in [0, 0.05) is 25.3 Å². The second-order valence-corrected chi connectivity index (χ2v) is 7.58. The Hall–Kier alpha value is -2.41. The van der Waals surface area contributed by atoms with Crippen molar-refractivity contribution in [2.24, 2.45) is 11.8 Å². The Labute approximate surface area is 164 Å². The number of Topliss-reactive ketones (excluding diaryl/α,β-unsaturated/α-hetero) is 1. The Balaban J connectivity index is 1.54. The molecule has 2 unspecified atom stereocenters. The van der Waals surface area contributed by atoms with Gasteiger partial charge in [-0.1, -0.05) is 12.1 Å². The number of hydrogen-bond acceptors (Lipinski definition) is 5. The predicted molar refractivity (Wildman–Crippen MR) is 101 cm³/mol. The highest BCUT2D eigenvalue weighted by atomic mass is 16.5. The number of piperidine rings is 1. The first-order valence-electron chi connectivity index (χ1n) is 9.77. The van der Waals surface area contributed by atoms with Gasteiger partial charge in [0.2, 0.25) is 0 Å². The molecule has 2 aliphatic heterocycles. The number of ketones is 1. The number of likely N-dealkylation sites (tertiary alicyclic amines) is 1. The average molecular weight is 389 g/mol. The summed E-state index contributed by atoms with van der Waals surface area (Å²) in [7, 11) is 0. The lowest BCUT2D eigenvalue weighted by atomic mass is 9.84. The number of benzene rings is 1. The molecule has 3 atom stereocenters. The molecule has 2 fully saturated rings. The molecule has 2 aliphatic rings. The molecule has 0 radical (unpaired) electrons. The van der Waals surface area contributed by atoms with Crippen molar-refractivity contribution in [1.82, 2.24) is 4.90 Å². The van der Waals surface area contributed by atoms with Gasteiger partial charge in [-0.3, -0.25) is 14.4 Å². The lowest BCUT2D eigenvalue weighted by molar-refractivity contribution is -0.146. The summed E-state index contributed by atoms with van der Waals surface area (Å²) in [5, 5.41) is 9.34. The Kier molecular flexibility index (Phi) is 6.34. The summed E-state index contributed by atoms with van der Waals surface area (Å²) in [5.41, 5.74) is 0.544. The second kappa shape index (κ2) is 8.73. The Morgan fingerprint density at radius 2 is 1.93 bits per heavy atom. The summed E-state index contributed by atoms with van der Waals surface area (Å²) in [5.74, 6) is -0.740. The summed E-state index contributed by atoms with van der Waals surface area (Å²) >= 11 is 0. The van der Waals surface area contributed by atoms with E-state index in [1.165, 1.54) is 6.92 Å². The molecule has 1 aromatic carbocycles. The topological polar surface area (TPSA) is 93.1 Å². The van der Waals surface area contributed by atoms with Gasteiger partial charge in [-0.2, -0.15) is 0 Å². The van der Waals surface area contributed by atoms with E-state index in [2.05, 4.69) is 0 Å². The van der Waals surface area contributed by atoms with Crippen LogP contribution < -0.4 is 4.74 Å². The van der Waals surface area contributed by atoms with Crippen molar-refractivity contribution in [2.45, 2.75) is 45.3 Å². The van der Waals surface area contributed by atoms with Gasteiger partial charge in [0.25, 0.3) is 5.91 Å². The molecule has 0 aromatic heterocycles. The lowest BCUT2D eigenvalue weighted by Crippen LogP contribution is -2.47. The van der Waals surface area contributed by atoms with Crippen molar-refractivity contribution in [2.75, 3.05) is 19.7 Å². The van der Waals surface area contributed by atoms with E-state index in [9.17, 15) is 19.5 Å². The van der Waals surface area contributed by atoms with Crippen molar-refractivity contribution in [3.8, 4) is 5.75 Å². The Morgan fingerprint density at radius 1 is 1.21 bits per heavy atom. The number of carbonyl (C=O) groups excluding carboxylic acids is 2. The Morgan fingerprint density at radius 3 is 2.57 bits per heavy atom. The minimum atomic E-state index is -0.796. The lowest BCUT2D eigenvalue weighted by Gasteiger charge is -2.36. The summed E-state index contributed by atoms with van der Waals surface area (Å²) in [4.78, 5) is 37.4. The molecule has 0 spiro atoms. The molecule has 7 nitrogen and oxygen atoms in total. The minimum absolute atomic E-state index is 0.0553. The van der Waals surface area contributed by atoms with Crippen molar-refractivity contribution in [1.29, 1.82) is 0 Å². The van der Waals surface area contributed by atoms with Crippen LogP contribution in [0, 0.1) is 11.8 Å². The molecule has 2 heterocycles. The number of carboxylic acids is 1. The normalized spacial score (nSPS) is 24.0. The van der Waals surface area contributed by atoms with Crippen molar-refractivity contribution in [3.63, 3.8) is 0 Å². The fraction of sp³-hybridized carbons (Fsp3) is 0.571. The van der Waals surface area contributed by atoms with E-state index in [1.54, 1.807) is 36.1 Å². The van der Waals surface area contributed by atoms with Crippen molar-refractivity contribution < 1.29 is 29.0 Å². The van der Waals surface area contributed by atoms with Gasteiger partial charge in [-0.05, 0) is 51.2 Å². The van der Waals surface area contributed by atoms with Gasteiger partial charge in [-0.15, -0.1) is 0 Å². The third kappa shape index (κ3) is 4.52. The van der Waals surface area contributed by atoms with Crippen molar-refractivity contribution in [3.05, 3.63) is 29.8 Å². The molecular formula is C21H27NO6. The maximum Gasteiger partial charge on any atom is 0.309 e. The monoisotopic (exact) mass is 389 g/mol. The van der Waals surface area contributed by atoms with Crippen LogP contribution in [0.1, 0.15) is 43.5 Å². The quantitative estimate of drug-likeness (QED) is 0.751. The maximum atomic E-state index is 12.7. The van der Waals surface area contributed by atoms with Crippen LogP contribution in [-0.2, 0) is 14.3 Å². The van der Waals surface area contributed by atoms with Crippen LogP contribution >= 0.6 is 0 Å². The molecule has 0 aliphatic carbocycles. The van der Waals surface area contributed by atoms with Gasteiger partial charge in [-0.25, -0.2) is 0 Å². The zero-order chi connectivity index (χ0) is 20.3. The first-order chi connectivity index (χ1) is 13.4. The number of hydrogen-bond donors (Lipinski definition) is 1. The number of ether oxygens (including phenoxy) is 2. The molecule has 152 valence electrons. The van der Waals surface area contributed by atoms with Crippen LogP contribution in [0.25, 0.3) is 0 Å². The molecule has 0 saturated carbocycles. The first-order valence-corrected chi connectivity index (χ1v) is 9.77. The predicted octanol–water partition coefficient (Wildman–Crippen LogP) is 2.38. The molecule has 0 bridgehead atoms. The average Bonchev–Trinajstić information content (AvgIpc) is 3.18. The standard InChI is InChI=1S/C21H27NO6/c1-13(23)16-4-3-5-17(12-16)28-14(2)20(24)22-9-6-15(7-10-22)19-18(21(25)26)8-11-27-19/h3-5,12,14-15,18-19H,6-11H2,1-2H3,(H,25,26)/t14?,18?,19-/m0/s1. The summed E-state index contributed by atoms with van der Waals surface area (Å²) in [6.45, 7) is 4.81. The van der Waals surface area contributed by atoms with E-state index in [0.29, 0.717) is 37.4 Å². The van der Waals surface area contributed by atoms with E-state index >= 15 is 0 Å². The molecular weight excluding hydrogens is 362 g/mol. The third-order valence-corrected chi connectivity index (χ3v) is 5.67. The van der Waals surface area contributed by atoms with E-state index in [1.807, 2.05) is 0 Å².